The third-order valence-electron chi connectivity index (χ3n) is 8.83. The quantitative estimate of drug-likeness (QED) is 0.653. The van der Waals surface area contributed by atoms with Crippen LogP contribution in [-0.4, -0.2) is 6.04 Å². The molecule has 0 aromatic carbocycles. The fourth-order valence-corrected chi connectivity index (χ4v) is 7.47. The van der Waals surface area contributed by atoms with Crippen LogP contribution in [0.25, 0.3) is 0 Å². The van der Waals surface area contributed by atoms with Gasteiger partial charge < -0.3 is 5.73 Å². The molecule has 7 atom stereocenters. The van der Waals surface area contributed by atoms with Gasteiger partial charge in [0.2, 0.25) is 0 Å². The molecule has 7 unspecified atom stereocenters. The highest BCUT2D eigenvalue weighted by molar-refractivity contribution is 5.25. The Morgan fingerprint density at radius 1 is 1.09 bits per heavy atom. The minimum absolute atomic E-state index is 0.431. The van der Waals surface area contributed by atoms with Crippen LogP contribution in [0.4, 0.5) is 0 Å². The molecule has 0 spiro atoms. The van der Waals surface area contributed by atoms with E-state index in [4.69, 9.17) is 5.73 Å². The van der Waals surface area contributed by atoms with Crippen molar-refractivity contribution in [1.82, 2.24) is 0 Å². The van der Waals surface area contributed by atoms with Crippen molar-refractivity contribution in [1.29, 1.82) is 0 Å². The molecule has 3 saturated carbocycles. The van der Waals surface area contributed by atoms with Crippen LogP contribution in [0.5, 0.6) is 0 Å². The molecule has 0 bridgehead atoms. The Morgan fingerprint density at radius 3 is 2.68 bits per heavy atom. The van der Waals surface area contributed by atoms with E-state index in [9.17, 15) is 0 Å². The van der Waals surface area contributed by atoms with Crippen molar-refractivity contribution in [3.8, 4) is 0 Å². The SMILES string of the molecule is CCC1CCC2C3CC=C4CC(N)CCC4(C)C3CCC12C. The molecule has 22 heavy (non-hydrogen) atoms. The largest absolute Gasteiger partial charge is 0.327 e. The second kappa shape index (κ2) is 5.10. The van der Waals surface area contributed by atoms with Crippen molar-refractivity contribution in [3.63, 3.8) is 0 Å². The zero-order valence-corrected chi connectivity index (χ0v) is 14.9. The lowest BCUT2D eigenvalue weighted by Crippen LogP contribution is -2.50. The van der Waals surface area contributed by atoms with E-state index in [-0.39, 0.29) is 0 Å². The smallest absolute Gasteiger partial charge is 0.00766 e. The van der Waals surface area contributed by atoms with Crippen LogP contribution in [0.3, 0.4) is 0 Å². The minimum Gasteiger partial charge on any atom is -0.327 e. The second-order valence-electron chi connectivity index (χ2n) is 9.49. The van der Waals surface area contributed by atoms with E-state index in [1.807, 2.05) is 0 Å². The van der Waals surface area contributed by atoms with Gasteiger partial charge in [-0.15, -0.1) is 0 Å². The molecule has 124 valence electrons. The van der Waals surface area contributed by atoms with Crippen LogP contribution in [0.15, 0.2) is 11.6 Å². The highest BCUT2D eigenvalue weighted by Crippen LogP contribution is 2.66. The second-order valence-corrected chi connectivity index (χ2v) is 9.49. The molecule has 4 rings (SSSR count). The van der Waals surface area contributed by atoms with Crippen LogP contribution in [0, 0.1) is 34.5 Å². The summed E-state index contributed by atoms with van der Waals surface area (Å²) in [5.74, 6) is 3.92. The molecule has 4 aliphatic carbocycles. The molecule has 0 saturated heterocycles. The molecular formula is C21H35N. The maximum atomic E-state index is 6.27. The Balaban J connectivity index is 1.66. The zero-order chi connectivity index (χ0) is 15.5. The summed E-state index contributed by atoms with van der Waals surface area (Å²) in [7, 11) is 0. The Kier molecular flexibility index (Phi) is 3.53. The number of nitrogens with two attached hydrogens (primary N) is 1. The van der Waals surface area contributed by atoms with Gasteiger partial charge >= 0.3 is 0 Å². The summed E-state index contributed by atoms with van der Waals surface area (Å²) in [5.41, 5.74) is 9.15. The van der Waals surface area contributed by atoms with E-state index in [0.29, 0.717) is 16.9 Å². The van der Waals surface area contributed by atoms with Crippen LogP contribution in [-0.2, 0) is 0 Å². The van der Waals surface area contributed by atoms with Gasteiger partial charge in [-0.2, -0.15) is 0 Å². The number of hydrogen-bond acceptors (Lipinski definition) is 1. The molecule has 0 aromatic rings. The molecule has 0 aliphatic heterocycles. The van der Waals surface area contributed by atoms with Crippen LogP contribution in [0.2, 0.25) is 0 Å². The number of allylic oxidation sites excluding steroid dienone is 1. The van der Waals surface area contributed by atoms with Gasteiger partial charge in [-0.3, -0.25) is 0 Å². The summed E-state index contributed by atoms with van der Waals surface area (Å²) in [5, 5.41) is 0. The van der Waals surface area contributed by atoms with Crippen molar-refractivity contribution < 1.29 is 0 Å². The van der Waals surface area contributed by atoms with Gasteiger partial charge in [-0.05, 0) is 85.9 Å². The maximum absolute atomic E-state index is 6.27. The summed E-state index contributed by atoms with van der Waals surface area (Å²) in [6, 6.07) is 0.431. The lowest BCUT2D eigenvalue weighted by atomic mass is 9.47. The molecule has 4 aliphatic rings. The van der Waals surface area contributed by atoms with E-state index < -0.39 is 0 Å². The minimum atomic E-state index is 0.431. The van der Waals surface area contributed by atoms with E-state index in [0.717, 1.165) is 23.7 Å². The van der Waals surface area contributed by atoms with E-state index in [1.165, 1.54) is 57.8 Å². The normalized spacial score (nSPS) is 54.2. The Morgan fingerprint density at radius 2 is 1.91 bits per heavy atom. The summed E-state index contributed by atoms with van der Waals surface area (Å²) in [6.07, 6.45) is 15.2. The third kappa shape index (κ3) is 1.93. The van der Waals surface area contributed by atoms with Gasteiger partial charge in [-0.1, -0.05) is 38.8 Å². The maximum Gasteiger partial charge on any atom is 0.00766 e. The first-order valence-corrected chi connectivity index (χ1v) is 9.94. The van der Waals surface area contributed by atoms with Crippen LogP contribution < -0.4 is 5.73 Å². The van der Waals surface area contributed by atoms with Crippen LogP contribution >= 0.6 is 0 Å². The highest BCUT2D eigenvalue weighted by atomic mass is 14.7. The number of fused-ring (bicyclic) bond motifs is 5. The van der Waals surface area contributed by atoms with Gasteiger partial charge in [0.05, 0.1) is 0 Å². The van der Waals surface area contributed by atoms with E-state index in [2.05, 4.69) is 26.8 Å². The van der Waals surface area contributed by atoms with Gasteiger partial charge in [0.1, 0.15) is 0 Å². The monoisotopic (exact) mass is 301 g/mol. The summed E-state index contributed by atoms with van der Waals surface area (Å²) in [6.45, 7) is 7.66. The van der Waals surface area contributed by atoms with E-state index in [1.54, 1.807) is 5.57 Å². The summed E-state index contributed by atoms with van der Waals surface area (Å²) in [4.78, 5) is 0. The van der Waals surface area contributed by atoms with Crippen molar-refractivity contribution in [3.05, 3.63) is 11.6 Å². The van der Waals surface area contributed by atoms with Gasteiger partial charge in [0.25, 0.3) is 0 Å². The molecule has 0 radical (unpaired) electrons. The number of rotatable bonds is 1. The first kappa shape index (κ1) is 15.2. The topological polar surface area (TPSA) is 26.0 Å². The fourth-order valence-electron chi connectivity index (χ4n) is 7.47. The standard InChI is InChI=1S/C21H35N/c1-4-14-6-8-18-17-7-5-15-13-16(22)9-11-21(15,3)19(17)10-12-20(14,18)2/h5,14,16-19H,4,6-13,22H2,1-3H3. The highest BCUT2D eigenvalue weighted by Gasteiger charge is 2.57. The zero-order valence-electron chi connectivity index (χ0n) is 14.9. The number of hydrogen-bond donors (Lipinski definition) is 1. The Bertz CT molecular complexity index is 480. The molecule has 2 N–H and O–H groups in total. The molecule has 1 nitrogen and oxygen atoms in total. The predicted molar refractivity (Wildman–Crippen MR) is 93.5 cm³/mol. The average molecular weight is 302 g/mol. The van der Waals surface area contributed by atoms with E-state index >= 15 is 0 Å². The average Bonchev–Trinajstić information content (AvgIpc) is 2.84. The molecule has 1 heteroatoms. The van der Waals surface area contributed by atoms with Crippen molar-refractivity contribution >= 4 is 0 Å². The third-order valence-corrected chi connectivity index (χ3v) is 8.83. The molecule has 0 amide bonds. The van der Waals surface area contributed by atoms with Crippen molar-refractivity contribution in [2.75, 3.05) is 0 Å². The van der Waals surface area contributed by atoms with Gasteiger partial charge in [0, 0.05) is 6.04 Å². The lowest BCUT2D eigenvalue weighted by molar-refractivity contribution is -0.0424. The Labute approximate surface area is 137 Å². The van der Waals surface area contributed by atoms with Gasteiger partial charge in [0.15, 0.2) is 0 Å². The van der Waals surface area contributed by atoms with Crippen molar-refractivity contribution in [2.24, 2.45) is 40.2 Å². The molecule has 0 heterocycles. The molecule has 0 aromatic heterocycles. The van der Waals surface area contributed by atoms with Gasteiger partial charge in [-0.25, -0.2) is 0 Å². The summed E-state index contributed by atoms with van der Waals surface area (Å²) >= 11 is 0. The first-order valence-electron chi connectivity index (χ1n) is 9.94. The predicted octanol–water partition coefficient (Wildman–Crippen LogP) is 5.30. The fraction of sp³-hybridized carbons (Fsp3) is 0.905. The first-order chi connectivity index (χ1) is 10.5. The lowest BCUT2D eigenvalue weighted by Gasteiger charge is -2.58. The van der Waals surface area contributed by atoms with Crippen molar-refractivity contribution in [2.45, 2.75) is 84.6 Å². The van der Waals surface area contributed by atoms with Crippen LogP contribution in [0.1, 0.15) is 78.6 Å². The molecular weight excluding hydrogens is 266 g/mol. The molecule has 3 fully saturated rings. The Hall–Kier alpha value is -0.300. The summed E-state index contributed by atoms with van der Waals surface area (Å²) < 4.78 is 0.